The number of aryl methyl sites for hydroxylation is 1. The van der Waals surface area contributed by atoms with Crippen LogP contribution in [-0.2, 0) is 0 Å². The van der Waals surface area contributed by atoms with E-state index in [1.54, 1.807) is 23.9 Å². The molecule has 0 atom stereocenters. The summed E-state index contributed by atoms with van der Waals surface area (Å²) in [5, 5.41) is 13.8. The molecule has 5 aromatic rings. The molecule has 0 bridgehead atoms. The van der Waals surface area contributed by atoms with Crippen LogP contribution in [0.25, 0.3) is 33.5 Å². The van der Waals surface area contributed by atoms with E-state index in [9.17, 15) is 4.79 Å². The van der Waals surface area contributed by atoms with Crippen LogP contribution in [-0.4, -0.2) is 31.5 Å². The molecule has 3 aromatic heterocycles. The SMILES string of the molecule is COc1cccc(-n2ccc3c(nnc4c(-c5cccc(Cl)c5)c(C)nn43)c2=O)c1. The number of fused-ring (bicyclic) bond motifs is 3. The van der Waals surface area contributed by atoms with Crippen molar-refractivity contribution in [1.82, 2.24) is 24.4 Å². The van der Waals surface area contributed by atoms with Crippen LogP contribution < -0.4 is 10.3 Å². The Morgan fingerprint density at radius 2 is 1.87 bits per heavy atom. The average molecular weight is 418 g/mol. The third-order valence-corrected chi connectivity index (χ3v) is 5.23. The fraction of sp³-hybridized carbons (Fsp3) is 0.0909. The molecule has 0 aliphatic heterocycles. The van der Waals surface area contributed by atoms with Gasteiger partial charge in [-0.25, -0.2) is 4.52 Å². The third-order valence-electron chi connectivity index (χ3n) is 5.00. The van der Waals surface area contributed by atoms with E-state index in [0.29, 0.717) is 27.6 Å². The summed E-state index contributed by atoms with van der Waals surface area (Å²) >= 11 is 6.16. The topological polar surface area (TPSA) is 74.3 Å². The zero-order valence-corrected chi connectivity index (χ0v) is 17.0. The van der Waals surface area contributed by atoms with E-state index in [2.05, 4.69) is 15.3 Å². The number of halogens is 1. The molecule has 0 spiro atoms. The van der Waals surface area contributed by atoms with Gasteiger partial charge in [0, 0.05) is 17.3 Å². The maximum atomic E-state index is 13.1. The van der Waals surface area contributed by atoms with Crippen molar-refractivity contribution in [3.05, 3.63) is 81.9 Å². The maximum absolute atomic E-state index is 13.1. The molecular formula is C22H16ClN5O2. The van der Waals surface area contributed by atoms with E-state index in [1.807, 2.05) is 55.5 Å². The zero-order chi connectivity index (χ0) is 20.8. The van der Waals surface area contributed by atoms with E-state index in [4.69, 9.17) is 16.3 Å². The molecule has 0 N–H and O–H groups in total. The van der Waals surface area contributed by atoms with Gasteiger partial charge in [0.15, 0.2) is 11.2 Å². The Morgan fingerprint density at radius 1 is 1.03 bits per heavy atom. The number of methoxy groups -OCH3 is 1. The molecule has 0 radical (unpaired) electrons. The van der Waals surface area contributed by atoms with Crippen molar-refractivity contribution in [2.75, 3.05) is 7.11 Å². The number of nitrogens with zero attached hydrogens (tertiary/aromatic N) is 5. The molecule has 5 rings (SSSR count). The van der Waals surface area contributed by atoms with E-state index in [1.165, 1.54) is 4.57 Å². The molecule has 0 unspecified atom stereocenters. The highest BCUT2D eigenvalue weighted by Gasteiger charge is 2.18. The van der Waals surface area contributed by atoms with E-state index in [0.717, 1.165) is 16.8 Å². The lowest BCUT2D eigenvalue weighted by Gasteiger charge is -2.09. The lowest BCUT2D eigenvalue weighted by molar-refractivity contribution is 0.414. The van der Waals surface area contributed by atoms with Crippen LogP contribution in [0.3, 0.4) is 0 Å². The molecule has 148 valence electrons. The van der Waals surface area contributed by atoms with E-state index < -0.39 is 0 Å². The number of hydrogen-bond donors (Lipinski definition) is 0. The summed E-state index contributed by atoms with van der Waals surface area (Å²) in [7, 11) is 1.59. The first-order valence-electron chi connectivity index (χ1n) is 9.24. The van der Waals surface area contributed by atoms with E-state index >= 15 is 0 Å². The fourth-order valence-electron chi connectivity index (χ4n) is 3.60. The molecule has 0 amide bonds. The summed E-state index contributed by atoms with van der Waals surface area (Å²) in [5.74, 6) is 0.662. The summed E-state index contributed by atoms with van der Waals surface area (Å²) in [4.78, 5) is 13.1. The van der Waals surface area contributed by atoms with Crippen molar-refractivity contribution in [2.45, 2.75) is 6.92 Å². The van der Waals surface area contributed by atoms with Crippen LogP contribution in [0, 0.1) is 6.92 Å². The minimum Gasteiger partial charge on any atom is -0.497 e. The second kappa shape index (κ2) is 6.96. The molecule has 30 heavy (non-hydrogen) atoms. The standard InChI is InChI=1S/C22H16ClN5O2/c1-13-19(14-5-3-6-15(23)11-14)21-25-24-20-18(28(21)26-13)9-10-27(22(20)29)16-7-4-8-17(12-16)30-2/h3-12H,1-2H3. The molecule has 0 saturated carbocycles. The number of aromatic nitrogens is 5. The quantitative estimate of drug-likeness (QED) is 0.442. The van der Waals surface area contributed by atoms with Crippen molar-refractivity contribution >= 4 is 28.3 Å². The Hall–Kier alpha value is -3.71. The number of pyridine rings is 1. The van der Waals surface area contributed by atoms with Crippen molar-refractivity contribution in [3.63, 3.8) is 0 Å². The van der Waals surface area contributed by atoms with Gasteiger partial charge in [0.05, 0.1) is 24.1 Å². The molecule has 7 nitrogen and oxygen atoms in total. The van der Waals surface area contributed by atoms with Gasteiger partial charge in [-0.05, 0) is 42.8 Å². The van der Waals surface area contributed by atoms with Crippen LogP contribution >= 0.6 is 11.6 Å². The van der Waals surface area contributed by atoms with Crippen LogP contribution in [0.2, 0.25) is 5.02 Å². The van der Waals surface area contributed by atoms with Gasteiger partial charge in [0.2, 0.25) is 0 Å². The summed E-state index contributed by atoms with van der Waals surface area (Å²) < 4.78 is 8.43. The van der Waals surface area contributed by atoms with Gasteiger partial charge in [-0.1, -0.05) is 29.8 Å². The van der Waals surface area contributed by atoms with Crippen LogP contribution in [0.4, 0.5) is 0 Å². The summed E-state index contributed by atoms with van der Waals surface area (Å²) in [5.41, 5.74) is 4.29. The minimum absolute atomic E-state index is 0.230. The van der Waals surface area contributed by atoms with Gasteiger partial charge in [-0.3, -0.25) is 9.36 Å². The molecule has 0 aliphatic rings. The van der Waals surface area contributed by atoms with Crippen molar-refractivity contribution in [2.24, 2.45) is 0 Å². The second-order valence-electron chi connectivity index (χ2n) is 6.83. The van der Waals surface area contributed by atoms with Crippen molar-refractivity contribution in [3.8, 4) is 22.6 Å². The Morgan fingerprint density at radius 3 is 2.67 bits per heavy atom. The Bertz CT molecular complexity index is 1490. The van der Waals surface area contributed by atoms with Gasteiger partial charge in [0.1, 0.15) is 11.3 Å². The van der Waals surface area contributed by atoms with Gasteiger partial charge >= 0.3 is 0 Å². The zero-order valence-electron chi connectivity index (χ0n) is 16.2. The summed E-state index contributed by atoms with van der Waals surface area (Å²) in [6.45, 7) is 1.90. The number of hydrogen-bond acceptors (Lipinski definition) is 5. The molecule has 8 heteroatoms. The van der Waals surface area contributed by atoms with Crippen molar-refractivity contribution < 1.29 is 4.74 Å². The number of benzene rings is 2. The molecule has 0 saturated heterocycles. The first-order valence-corrected chi connectivity index (χ1v) is 9.62. The predicted molar refractivity (Wildman–Crippen MR) is 116 cm³/mol. The fourth-order valence-corrected chi connectivity index (χ4v) is 3.79. The summed E-state index contributed by atoms with van der Waals surface area (Å²) in [6.07, 6.45) is 1.70. The largest absolute Gasteiger partial charge is 0.497 e. The molecule has 3 heterocycles. The minimum atomic E-state index is -0.285. The van der Waals surface area contributed by atoms with Crippen LogP contribution in [0.1, 0.15) is 5.69 Å². The highest BCUT2D eigenvalue weighted by molar-refractivity contribution is 6.30. The van der Waals surface area contributed by atoms with Gasteiger partial charge in [-0.15, -0.1) is 10.2 Å². The molecule has 0 aliphatic carbocycles. The summed E-state index contributed by atoms with van der Waals surface area (Å²) in [6, 6.07) is 16.6. The molecular weight excluding hydrogens is 402 g/mol. The van der Waals surface area contributed by atoms with Crippen molar-refractivity contribution in [1.29, 1.82) is 0 Å². The first-order chi connectivity index (χ1) is 14.6. The lowest BCUT2D eigenvalue weighted by atomic mass is 10.1. The maximum Gasteiger partial charge on any atom is 0.285 e. The van der Waals surface area contributed by atoms with Crippen LogP contribution in [0.5, 0.6) is 5.75 Å². The normalized spacial score (nSPS) is 11.3. The molecule has 2 aromatic carbocycles. The number of rotatable bonds is 3. The average Bonchev–Trinajstić information content (AvgIpc) is 3.10. The third kappa shape index (κ3) is 2.83. The lowest BCUT2D eigenvalue weighted by Crippen LogP contribution is -2.20. The highest BCUT2D eigenvalue weighted by atomic mass is 35.5. The van der Waals surface area contributed by atoms with Gasteiger partial charge in [-0.2, -0.15) is 5.10 Å². The number of ether oxygens (including phenoxy) is 1. The van der Waals surface area contributed by atoms with Gasteiger partial charge in [0.25, 0.3) is 5.56 Å². The highest BCUT2D eigenvalue weighted by Crippen LogP contribution is 2.29. The Balaban J connectivity index is 1.75. The smallest absolute Gasteiger partial charge is 0.285 e. The molecule has 0 fully saturated rings. The Kier molecular flexibility index (Phi) is 4.25. The van der Waals surface area contributed by atoms with Crippen LogP contribution in [0.15, 0.2) is 65.6 Å². The predicted octanol–water partition coefficient (Wildman–Crippen LogP) is 4.07. The Labute approximate surface area is 176 Å². The first kappa shape index (κ1) is 18.3. The monoisotopic (exact) mass is 417 g/mol. The second-order valence-corrected chi connectivity index (χ2v) is 7.27. The van der Waals surface area contributed by atoms with E-state index in [-0.39, 0.29) is 11.1 Å². The van der Waals surface area contributed by atoms with Gasteiger partial charge < -0.3 is 4.74 Å².